The van der Waals surface area contributed by atoms with Gasteiger partial charge in [0, 0.05) is 13.0 Å². The lowest BCUT2D eigenvalue weighted by molar-refractivity contribution is -0.154. The number of unbranched alkanes of at least 4 members (excludes halogenated alkanes) is 15. The van der Waals surface area contributed by atoms with Gasteiger partial charge >= 0.3 is 5.97 Å². The Kier molecular flexibility index (Phi) is 38.2. The molecule has 4 nitrogen and oxygen atoms in total. The molecule has 0 fully saturated rings. The van der Waals surface area contributed by atoms with Crippen molar-refractivity contribution in [1.82, 2.24) is 0 Å². The van der Waals surface area contributed by atoms with Crippen molar-refractivity contribution in [2.45, 2.75) is 174 Å². The van der Waals surface area contributed by atoms with Crippen molar-refractivity contribution in [3.8, 4) is 0 Å². The molecule has 0 aromatic carbocycles. The van der Waals surface area contributed by atoms with E-state index < -0.39 is 6.10 Å². The molecule has 0 spiro atoms. The first kappa shape index (κ1) is 44.8. The third kappa shape index (κ3) is 38.2. The van der Waals surface area contributed by atoms with Gasteiger partial charge in [-0.2, -0.15) is 0 Å². The Hall–Kier alpha value is -2.17. The number of allylic oxidation sites excluding steroid dienone is 12. The zero-order valence-electron chi connectivity index (χ0n) is 30.8. The average molecular weight is 655 g/mol. The number of aliphatic hydroxyl groups excluding tert-OH is 1. The number of hydrogen-bond acceptors (Lipinski definition) is 4. The molecule has 0 aliphatic rings. The highest BCUT2D eigenvalue weighted by molar-refractivity contribution is 5.69. The van der Waals surface area contributed by atoms with E-state index in [0.29, 0.717) is 13.0 Å². The fraction of sp³-hybridized carbons (Fsp3) is 0.698. The number of hydrogen-bond donors (Lipinski definition) is 1. The highest BCUT2D eigenvalue weighted by Gasteiger charge is 2.13. The second-order valence-corrected chi connectivity index (χ2v) is 12.6. The van der Waals surface area contributed by atoms with Crippen LogP contribution in [0.25, 0.3) is 0 Å². The van der Waals surface area contributed by atoms with Crippen molar-refractivity contribution >= 4 is 5.97 Å². The standard InChI is InChI=1S/C43H74O4/c1-3-5-7-9-11-13-15-17-19-21-23-25-27-29-31-33-35-37-39-46-41-42(40-44)47-43(45)38-36-34-32-30-28-26-24-22-20-18-16-14-12-10-8-6-4-2/h6,8,12,14,17-20,24,26,30,32,42,44H,3-5,7,9-11,13,15-16,21-23,25,27-29,31,33-41H2,1-2H3/b8-6-,14-12-,19-17-,20-18-,26-24-,32-30-. The molecular weight excluding hydrogens is 580 g/mol. The van der Waals surface area contributed by atoms with Crippen LogP contribution in [0, 0.1) is 0 Å². The summed E-state index contributed by atoms with van der Waals surface area (Å²) in [5, 5.41) is 9.57. The molecule has 4 heteroatoms. The van der Waals surface area contributed by atoms with Gasteiger partial charge in [0.2, 0.25) is 0 Å². The maximum absolute atomic E-state index is 12.1. The lowest BCUT2D eigenvalue weighted by Gasteiger charge is -2.15. The molecule has 0 aliphatic carbocycles. The minimum atomic E-state index is -0.568. The van der Waals surface area contributed by atoms with E-state index in [-0.39, 0.29) is 19.2 Å². The molecule has 47 heavy (non-hydrogen) atoms. The second-order valence-electron chi connectivity index (χ2n) is 12.6. The van der Waals surface area contributed by atoms with Crippen molar-refractivity contribution in [1.29, 1.82) is 0 Å². The van der Waals surface area contributed by atoms with Gasteiger partial charge in [0.05, 0.1) is 13.2 Å². The molecule has 0 aromatic heterocycles. The van der Waals surface area contributed by atoms with E-state index >= 15 is 0 Å². The van der Waals surface area contributed by atoms with Crippen LogP contribution < -0.4 is 0 Å². The summed E-state index contributed by atoms with van der Waals surface area (Å²) < 4.78 is 11.1. The van der Waals surface area contributed by atoms with Crippen molar-refractivity contribution < 1.29 is 19.4 Å². The Balaban J connectivity index is 3.56. The molecule has 270 valence electrons. The number of carbonyl (C=O) groups is 1. The number of ether oxygens (including phenoxy) is 2. The maximum atomic E-state index is 12.1. The Morgan fingerprint density at radius 2 is 0.957 bits per heavy atom. The Morgan fingerprint density at radius 3 is 1.47 bits per heavy atom. The van der Waals surface area contributed by atoms with E-state index in [9.17, 15) is 9.90 Å². The summed E-state index contributed by atoms with van der Waals surface area (Å²) in [4.78, 5) is 12.1. The van der Waals surface area contributed by atoms with Gasteiger partial charge < -0.3 is 14.6 Å². The minimum Gasteiger partial charge on any atom is -0.457 e. The molecule has 0 rings (SSSR count). The Labute approximate surface area is 291 Å². The smallest absolute Gasteiger partial charge is 0.306 e. The maximum Gasteiger partial charge on any atom is 0.306 e. The molecule has 1 unspecified atom stereocenters. The molecular formula is C43H74O4. The second kappa shape index (κ2) is 40.0. The summed E-state index contributed by atoms with van der Waals surface area (Å²) in [7, 11) is 0. The van der Waals surface area contributed by atoms with Gasteiger partial charge in [-0.25, -0.2) is 0 Å². The van der Waals surface area contributed by atoms with Crippen LogP contribution in [0.4, 0.5) is 0 Å². The minimum absolute atomic E-state index is 0.199. The van der Waals surface area contributed by atoms with Crippen LogP contribution in [-0.4, -0.2) is 37.0 Å². The van der Waals surface area contributed by atoms with E-state index in [4.69, 9.17) is 9.47 Å². The van der Waals surface area contributed by atoms with E-state index in [1.807, 2.05) is 0 Å². The van der Waals surface area contributed by atoms with Crippen molar-refractivity contribution in [3.05, 3.63) is 72.9 Å². The highest BCUT2D eigenvalue weighted by atomic mass is 16.6. The van der Waals surface area contributed by atoms with Crippen LogP contribution in [0.2, 0.25) is 0 Å². The summed E-state index contributed by atoms with van der Waals surface area (Å²) in [6.45, 7) is 5.15. The summed E-state index contributed by atoms with van der Waals surface area (Å²) in [6, 6.07) is 0. The van der Waals surface area contributed by atoms with Crippen molar-refractivity contribution in [2.24, 2.45) is 0 Å². The van der Waals surface area contributed by atoms with Crippen molar-refractivity contribution in [3.63, 3.8) is 0 Å². The first-order valence-electron chi connectivity index (χ1n) is 19.5. The normalized spacial score (nSPS) is 13.2. The lowest BCUT2D eigenvalue weighted by Crippen LogP contribution is -2.27. The molecule has 0 saturated carbocycles. The van der Waals surface area contributed by atoms with Crippen LogP contribution in [-0.2, 0) is 14.3 Å². The molecule has 0 amide bonds. The zero-order valence-corrected chi connectivity index (χ0v) is 30.8. The van der Waals surface area contributed by atoms with Crippen LogP contribution in [0.15, 0.2) is 72.9 Å². The van der Waals surface area contributed by atoms with Crippen LogP contribution in [0.5, 0.6) is 0 Å². The van der Waals surface area contributed by atoms with Gasteiger partial charge in [0.1, 0.15) is 6.10 Å². The van der Waals surface area contributed by atoms with Crippen molar-refractivity contribution in [2.75, 3.05) is 19.8 Å². The topological polar surface area (TPSA) is 55.8 Å². The first-order valence-corrected chi connectivity index (χ1v) is 19.5. The van der Waals surface area contributed by atoms with Crippen LogP contribution >= 0.6 is 0 Å². The van der Waals surface area contributed by atoms with Gasteiger partial charge in [-0.15, -0.1) is 0 Å². The predicted octanol–water partition coefficient (Wildman–Crippen LogP) is 12.6. The van der Waals surface area contributed by atoms with Gasteiger partial charge in [0.15, 0.2) is 0 Å². The number of aliphatic hydroxyl groups is 1. The molecule has 0 bridgehead atoms. The first-order chi connectivity index (χ1) is 23.2. The highest BCUT2D eigenvalue weighted by Crippen LogP contribution is 2.12. The van der Waals surface area contributed by atoms with E-state index in [1.165, 1.54) is 96.3 Å². The Bertz CT molecular complexity index is 820. The fourth-order valence-corrected chi connectivity index (χ4v) is 5.12. The van der Waals surface area contributed by atoms with Crippen LogP contribution in [0.1, 0.15) is 168 Å². The van der Waals surface area contributed by atoms with E-state index in [2.05, 4.69) is 86.8 Å². The molecule has 0 aliphatic heterocycles. The third-order valence-electron chi connectivity index (χ3n) is 8.02. The van der Waals surface area contributed by atoms with Gasteiger partial charge in [-0.1, -0.05) is 157 Å². The number of esters is 1. The summed E-state index contributed by atoms with van der Waals surface area (Å²) in [6.07, 6.45) is 53.8. The summed E-state index contributed by atoms with van der Waals surface area (Å²) in [5.74, 6) is -0.260. The Morgan fingerprint density at radius 1 is 0.532 bits per heavy atom. The zero-order chi connectivity index (χ0) is 34.1. The van der Waals surface area contributed by atoms with E-state index in [1.54, 1.807) is 0 Å². The molecule has 0 radical (unpaired) electrons. The van der Waals surface area contributed by atoms with Gasteiger partial charge in [-0.05, 0) is 77.0 Å². The molecule has 0 saturated heterocycles. The SMILES string of the molecule is CC/C=C\C/C=C\C/C=C\C/C=C\C/C=C\CCCC(=O)OC(CO)COCCCCCCCCCC/C=C\CCCCCCCC. The lowest BCUT2D eigenvalue weighted by atomic mass is 10.1. The monoisotopic (exact) mass is 655 g/mol. The molecule has 0 aromatic rings. The van der Waals surface area contributed by atoms with Gasteiger partial charge in [-0.3, -0.25) is 4.79 Å². The van der Waals surface area contributed by atoms with Crippen LogP contribution in [0.3, 0.4) is 0 Å². The number of carbonyl (C=O) groups excluding carboxylic acids is 1. The average Bonchev–Trinajstić information content (AvgIpc) is 3.08. The predicted molar refractivity (Wildman–Crippen MR) is 205 cm³/mol. The molecule has 1 N–H and O–H groups in total. The quantitative estimate of drug-likeness (QED) is 0.0420. The molecule has 0 heterocycles. The third-order valence-corrected chi connectivity index (χ3v) is 8.02. The fourth-order valence-electron chi connectivity index (χ4n) is 5.12. The largest absolute Gasteiger partial charge is 0.457 e. The number of rotatable bonds is 35. The van der Waals surface area contributed by atoms with Gasteiger partial charge in [0.25, 0.3) is 0 Å². The summed E-state index contributed by atoms with van der Waals surface area (Å²) in [5.41, 5.74) is 0. The van der Waals surface area contributed by atoms with E-state index in [0.717, 1.165) is 51.4 Å². The summed E-state index contributed by atoms with van der Waals surface area (Å²) >= 11 is 0. The molecule has 1 atom stereocenters.